The summed E-state index contributed by atoms with van der Waals surface area (Å²) in [4.78, 5) is 40.5. The molecule has 0 atom stereocenters. The quantitative estimate of drug-likeness (QED) is 0.788. The van der Waals surface area contributed by atoms with Crippen molar-refractivity contribution in [3.63, 3.8) is 0 Å². The second kappa shape index (κ2) is 6.76. The van der Waals surface area contributed by atoms with E-state index in [9.17, 15) is 14.4 Å². The Morgan fingerprint density at radius 1 is 1.08 bits per heavy atom. The summed E-state index contributed by atoms with van der Waals surface area (Å²) < 4.78 is 2.20. The molecule has 132 valence electrons. The topological polar surface area (TPSA) is 67.6 Å². The van der Waals surface area contributed by atoms with E-state index < -0.39 is 11.2 Å². The Morgan fingerprint density at radius 3 is 2.40 bits per heavy atom. The summed E-state index contributed by atoms with van der Waals surface area (Å²) in [7, 11) is 2.90. The number of benzene rings is 1. The second-order valence-electron chi connectivity index (χ2n) is 6.06. The molecule has 0 aliphatic carbocycles. The summed E-state index contributed by atoms with van der Waals surface area (Å²) in [5.74, 6) is -0.345. The summed E-state index contributed by atoms with van der Waals surface area (Å²) in [5.41, 5.74) is 0.0103. The van der Waals surface area contributed by atoms with Gasteiger partial charge >= 0.3 is 5.69 Å². The number of aryl methyl sites for hydroxylation is 1. The first kappa shape index (κ1) is 17.3. The molecular weight excluding hydrogens is 344 g/mol. The number of amides is 1. The number of carbonyl (C=O) groups is 1. The summed E-state index contributed by atoms with van der Waals surface area (Å²) in [6.07, 6.45) is 1.32. The fraction of sp³-hybridized carbons (Fsp3) is 0.353. The first-order valence-electron chi connectivity index (χ1n) is 7.95. The van der Waals surface area contributed by atoms with Crippen molar-refractivity contribution in [1.82, 2.24) is 14.0 Å². The minimum atomic E-state index is -0.564. The van der Waals surface area contributed by atoms with Crippen molar-refractivity contribution in [1.29, 1.82) is 0 Å². The van der Waals surface area contributed by atoms with Crippen molar-refractivity contribution >= 4 is 23.2 Å². The van der Waals surface area contributed by atoms with Crippen LogP contribution < -0.4 is 16.1 Å². The summed E-state index contributed by atoms with van der Waals surface area (Å²) >= 11 is 6.03. The van der Waals surface area contributed by atoms with Crippen LogP contribution >= 0.6 is 11.6 Å². The molecule has 0 N–H and O–H groups in total. The van der Waals surface area contributed by atoms with Crippen LogP contribution in [0.2, 0.25) is 5.02 Å². The molecule has 8 heteroatoms. The zero-order valence-electron chi connectivity index (χ0n) is 14.1. The molecule has 1 aromatic carbocycles. The second-order valence-corrected chi connectivity index (χ2v) is 6.50. The maximum atomic E-state index is 12.7. The van der Waals surface area contributed by atoms with E-state index in [0.29, 0.717) is 31.2 Å². The van der Waals surface area contributed by atoms with E-state index in [1.54, 1.807) is 4.90 Å². The highest BCUT2D eigenvalue weighted by Gasteiger charge is 2.25. The van der Waals surface area contributed by atoms with Crippen LogP contribution in [0.3, 0.4) is 0 Å². The van der Waals surface area contributed by atoms with E-state index in [4.69, 9.17) is 11.6 Å². The van der Waals surface area contributed by atoms with Crippen molar-refractivity contribution in [3.05, 3.63) is 61.9 Å². The summed E-state index contributed by atoms with van der Waals surface area (Å²) in [5, 5.41) is 0.671. The highest BCUT2D eigenvalue weighted by atomic mass is 35.5. The van der Waals surface area contributed by atoms with Crippen LogP contribution in [0.1, 0.15) is 10.4 Å². The summed E-state index contributed by atoms with van der Waals surface area (Å²) in [6.45, 7) is 2.30. The van der Waals surface area contributed by atoms with Crippen molar-refractivity contribution in [3.8, 4) is 0 Å². The van der Waals surface area contributed by atoms with Crippen molar-refractivity contribution in [2.75, 3.05) is 31.1 Å². The third kappa shape index (κ3) is 3.32. The zero-order chi connectivity index (χ0) is 18.1. The number of nitrogens with zero attached hydrogens (tertiary/aromatic N) is 4. The van der Waals surface area contributed by atoms with Gasteiger partial charge in [0.2, 0.25) is 0 Å². The van der Waals surface area contributed by atoms with E-state index in [0.717, 1.165) is 10.3 Å². The van der Waals surface area contributed by atoms with E-state index in [1.807, 2.05) is 24.3 Å². The average molecular weight is 363 g/mol. The smallest absolute Gasteiger partial charge is 0.330 e. The number of hydrogen-bond acceptors (Lipinski definition) is 4. The van der Waals surface area contributed by atoms with Crippen LogP contribution in [-0.4, -0.2) is 46.1 Å². The third-order valence-corrected chi connectivity index (χ3v) is 4.65. The monoisotopic (exact) mass is 362 g/mol. The van der Waals surface area contributed by atoms with Gasteiger partial charge in [-0.3, -0.25) is 14.2 Å². The molecule has 1 fully saturated rings. The molecule has 2 aromatic rings. The predicted molar refractivity (Wildman–Crippen MR) is 96.5 cm³/mol. The Balaban J connectivity index is 1.76. The Bertz CT molecular complexity index is 926. The molecule has 1 aliphatic heterocycles. The van der Waals surface area contributed by atoms with E-state index in [-0.39, 0.29) is 11.5 Å². The largest absolute Gasteiger partial charge is 0.368 e. The normalized spacial score (nSPS) is 14.7. The van der Waals surface area contributed by atoms with Gasteiger partial charge in [0, 0.05) is 57.2 Å². The fourth-order valence-corrected chi connectivity index (χ4v) is 3.15. The minimum absolute atomic E-state index is 0.0146. The van der Waals surface area contributed by atoms with Crippen LogP contribution in [0.15, 0.2) is 40.1 Å². The van der Waals surface area contributed by atoms with Crippen molar-refractivity contribution < 1.29 is 4.79 Å². The maximum absolute atomic E-state index is 12.7. The number of hydrogen-bond donors (Lipinski definition) is 0. The van der Waals surface area contributed by atoms with Crippen LogP contribution in [0.5, 0.6) is 0 Å². The first-order chi connectivity index (χ1) is 11.9. The van der Waals surface area contributed by atoms with E-state index in [2.05, 4.69) is 4.90 Å². The lowest BCUT2D eigenvalue weighted by Crippen LogP contribution is -2.51. The van der Waals surface area contributed by atoms with Crippen LogP contribution in [0.25, 0.3) is 0 Å². The molecule has 2 heterocycles. The van der Waals surface area contributed by atoms with E-state index >= 15 is 0 Å². The average Bonchev–Trinajstić information content (AvgIpc) is 2.62. The van der Waals surface area contributed by atoms with E-state index in [1.165, 1.54) is 24.9 Å². The van der Waals surface area contributed by atoms with Gasteiger partial charge in [-0.1, -0.05) is 17.7 Å². The van der Waals surface area contributed by atoms with Gasteiger partial charge in [0.15, 0.2) is 0 Å². The molecular formula is C17H19ClN4O3. The van der Waals surface area contributed by atoms with Gasteiger partial charge in [0.1, 0.15) is 5.56 Å². The first-order valence-corrected chi connectivity index (χ1v) is 8.32. The maximum Gasteiger partial charge on any atom is 0.330 e. The number of piperazine rings is 1. The molecule has 0 saturated carbocycles. The van der Waals surface area contributed by atoms with Gasteiger partial charge in [0.25, 0.3) is 11.5 Å². The highest BCUT2D eigenvalue weighted by Crippen LogP contribution is 2.21. The van der Waals surface area contributed by atoms with Gasteiger partial charge in [-0.25, -0.2) is 4.79 Å². The third-order valence-electron chi connectivity index (χ3n) is 4.42. The van der Waals surface area contributed by atoms with Gasteiger partial charge in [0.05, 0.1) is 0 Å². The van der Waals surface area contributed by atoms with Crippen LogP contribution in [0.4, 0.5) is 5.69 Å². The summed E-state index contributed by atoms with van der Waals surface area (Å²) in [6, 6.07) is 7.58. The molecule has 1 aliphatic rings. The lowest BCUT2D eigenvalue weighted by atomic mass is 10.2. The van der Waals surface area contributed by atoms with Crippen LogP contribution in [0, 0.1) is 0 Å². The number of rotatable bonds is 2. The van der Waals surface area contributed by atoms with Gasteiger partial charge in [-0.05, 0) is 18.2 Å². The Kier molecular flexibility index (Phi) is 4.67. The Morgan fingerprint density at radius 2 is 1.76 bits per heavy atom. The van der Waals surface area contributed by atoms with Gasteiger partial charge in [-0.15, -0.1) is 0 Å². The van der Waals surface area contributed by atoms with Crippen molar-refractivity contribution in [2.45, 2.75) is 0 Å². The predicted octanol–water partition coefficient (Wildman–Crippen LogP) is 0.700. The number of carbonyl (C=O) groups excluding carboxylic acids is 1. The zero-order valence-corrected chi connectivity index (χ0v) is 14.9. The molecule has 3 rings (SSSR count). The lowest BCUT2D eigenvalue weighted by molar-refractivity contribution is 0.0743. The molecule has 0 spiro atoms. The molecule has 1 saturated heterocycles. The minimum Gasteiger partial charge on any atom is -0.368 e. The highest BCUT2D eigenvalue weighted by molar-refractivity contribution is 6.30. The Labute approximate surface area is 149 Å². The Hall–Kier alpha value is -2.54. The standard InChI is InChI=1S/C17H19ClN4O3/c1-19-11-14(15(23)20(2)17(19)25)16(24)22-8-6-21(7-9-22)13-5-3-4-12(18)10-13/h3-5,10-11H,6-9H2,1-2H3. The molecule has 7 nitrogen and oxygen atoms in total. The van der Waals surface area contributed by atoms with Gasteiger partial charge in [-0.2, -0.15) is 0 Å². The molecule has 0 unspecified atom stereocenters. The van der Waals surface area contributed by atoms with Gasteiger partial charge < -0.3 is 14.4 Å². The SMILES string of the molecule is Cn1cc(C(=O)N2CCN(c3cccc(Cl)c3)CC2)c(=O)n(C)c1=O. The van der Waals surface area contributed by atoms with Crippen molar-refractivity contribution in [2.24, 2.45) is 14.1 Å². The molecule has 0 bridgehead atoms. The number of halogens is 1. The van der Waals surface area contributed by atoms with Crippen LogP contribution in [-0.2, 0) is 14.1 Å². The molecule has 0 radical (unpaired) electrons. The molecule has 1 amide bonds. The number of aromatic nitrogens is 2. The number of anilines is 1. The molecule has 1 aromatic heterocycles. The lowest BCUT2D eigenvalue weighted by Gasteiger charge is -2.36. The fourth-order valence-electron chi connectivity index (χ4n) is 2.97. The molecule has 25 heavy (non-hydrogen) atoms.